The van der Waals surface area contributed by atoms with Gasteiger partial charge in [0.2, 0.25) is 0 Å². The third-order valence-corrected chi connectivity index (χ3v) is 3.16. The summed E-state index contributed by atoms with van der Waals surface area (Å²) in [5.74, 6) is 1.38. The van der Waals surface area contributed by atoms with Crippen LogP contribution in [-0.2, 0) is 6.54 Å². The molecule has 1 aromatic heterocycles. The molecule has 0 aliphatic carbocycles. The Morgan fingerprint density at radius 3 is 2.48 bits per heavy atom. The fraction of sp³-hybridized carbons (Fsp3) is 0.375. The van der Waals surface area contributed by atoms with Crippen LogP contribution < -0.4 is 10.2 Å². The Labute approximate surface area is 125 Å². The van der Waals surface area contributed by atoms with Crippen LogP contribution in [0.2, 0.25) is 0 Å². The predicted molar refractivity (Wildman–Crippen MR) is 84.1 cm³/mol. The Balaban J connectivity index is 2.20. The summed E-state index contributed by atoms with van der Waals surface area (Å²) < 4.78 is 13.0. The maximum absolute atomic E-state index is 13.0. The van der Waals surface area contributed by atoms with E-state index < -0.39 is 0 Å². The van der Waals surface area contributed by atoms with Crippen molar-refractivity contribution in [3.8, 4) is 0 Å². The number of nitrogens with one attached hydrogen (secondary N) is 1. The molecular weight excluding hydrogens is 267 g/mol. The van der Waals surface area contributed by atoms with Crippen LogP contribution >= 0.6 is 0 Å². The van der Waals surface area contributed by atoms with Crippen LogP contribution in [0.3, 0.4) is 0 Å². The molecule has 0 spiro atoms. The highest BCUT2D eigenvalue weighted by atomic mass is 19.1. The van der Waals surface area contributed by atoms with Gasteiger partial charge in [0.15, 0.2) is 0 Å². The van der Waals surface area contributed by atoms with Crippen LogP contribution in [0.4, 0.5) is 15.9 Å². The molecule has 4 nitrogen and oxygen atoms in total. The maximum Gasteiger partial charge on any atom is 0.150 e. The van der Waals surface area contributed by atoms with Crippen molar-refractivity contribution in [2.75, 3.05) is 23.3 Å². The van der Waals surface area contributed by atoms with Crippen LogP contribution in [0, 0.1) is 12.7 Å². The van der Waals surface area contributed by atoms with Gasteiger partial charge < -0.3 is 10.2 Å². The molecular formula is C16H21FN4. The lowest BCUT2D eigenvalue weighted by Crippen LogP contribution is -2.23. The van der Waals surface area contributed by atoms with E-state index in [2.05, 4.69) is 27.1 Å². The minimum atomic E-state index is -0.226. The molecule has 0 atom stereocenters. The lowest BCUT2D eigenvalue weighted by atomic mass is 10.2. The van der Waals surface area contributed by atoms with Crippen LogP contribution in [0.5, 0.6) is 0 Å². The van der Waals surface area contributed by atoms with E-state index in [1.807, 2.05) is 19.9 Å². The molecule has 1 aromatic carbocycles. The topological polar surface area (TPSA) is 41.1 Å². The first kappa shape index (κ1) is 15.2. The van der Waals surface area contributed by atoms with Gasteiger partial charge in [-0.2, -0.15) is 0 Å². The lowest BCUT2D eigenvalue weighted by molar-refractivity contribution is 0.627. The second-order valence-electron chi connectivity index (χ2n) is 4.83. The summed E-state index contributed by atoms with van der Waals surface area (Å²) in [6.07, 6.45) is 0. The van der Waals surface area contributed by atoms with Gasteiger partial charge in [-0.1, -0.05) is 0 Å². The Morgan fingerprint density at radius 1 is 1.14 bits per heavy atom. The number of hydrogen-bond donors (Lipinski definition) is 1. The van der Waals surface area contributed by atoms with Crippen molar-refractivity contribution in [3.63, 3.8) is 0 Å². The maximum atomic E-state index is 13.0. The summed E-state index contributed by atoms with van der Waals surface area (Å²) in [7, 11) is 0. The highest BCUT2D eigenvalue weighted by Gasteiger charge is 2.09. The van der Waals surface area contributed by atoms with Gasteiger partial charge >= 0.3 is 0 Å². The Morgan fingerprint density at radius 2 is 1.86 bits per heavy atom. The summed E-state index contributed by atoms with van der Waals surface area (Å²) in [5, 5.41) is 3.21. The van der Waals surface area contributed by atoms with Gasteiger partial charge in [0, 0.05) is 30.5 Å². The van der Waals surface area contributed by atoms with Crippen LogP contribution in [0.25, 0.3) is 0 Å². The van der Waals surface area contributed by atoms with Gasteiger partial charge in [-0.15, -0.1) is 0 Å². The zero-order chi connectivity index (χ0) is 15.2. The molecule has 21 heavy (non-hydrogen) atoms. The van der Waals surface area contributed by atoms with Crippen LogP contribution in [0.15, 0.2) is 30.3 Å². The van der Waals surface area contributed by atoms with Crippen LogP contribution in [-0.4, -0.2) is 23.1 Å². The van der Waals surface area contributed by atoms with Gasteiger partial charge in [-0.3, -0.25) is 0 Å². The number of halogens is 1. The molecule has 112 valence electrons. The number of aryl methyl sites for hydroxylation is 1. The minimum Gasteiger partial charge on any atom is -0.370 e. The fourth-order valence-corrected chi connectivity index (χ4v) is 2.18. The van der Waals surface area contributed by atoms with Crippen molar-refractivity contribution >= 4 is 11.5 Å². The molecule has 2 aromatic rings. The average Bonchev–Trinajstić information content (AvgIpc) is 2.45. The number of rotatable bonds is 6. The van der Waals surface area contributed by atoms with Crippen molar-refractivity contribution in [2.24, 2.45) is 0 Å². The highest BCUT2D eigenvalue weighted by molar-refractivity contribution is 5.46. The molecule has 1 heterocycles. The van der Waals surface area contributed by atoms with E-state index in [1.165, 1.54) is 12.1 Å². The average molecular weight is 288 g/mol. The molecule has 0 radical (unpaired) electrons. The van der Waals surface area contributed by atoms with E-state index in [0.717, 1.165) is 36.1 Å². The molecule has 0 saturated heterocycles. The summed E-state index contributed by atoms with van der Waals surface area (Å²) in [4.78, 5) is 11.1. The minimum absolute atomic E-state index is 0.226. The first-order chi connectivity index (χ1) is 10.1. The molecule has 0 bridgehead atoms. The van der Waals surface area contributed by atoms with Gasteiger partial charge in [0.05, 0.1) is 6.54 Å². The van der Waals surface area contributed by atoms with E-state index >= 15 is 0 Å². The van der Waals surface area contributed by atoms with Gasteiger partial charge in [0.1, 0.15) is 17.5 Å². The Bertz CT molecular complexity index is 583. The third-order valence-electron chi connectivity index (χ3n) is 3.16. The van der Waals surface area contributed by atoms with Gasteiger partial charge in [0.25, 0.3) is 0 Å². The number of anilines is 2. The summed E-state index contributed by atoms with van der Waals surface area (Å²) in [6, 6.07) is 8.43. The molecule has 2 rings (SSSR count). The Hall–Kier alpha value is -2.17. The first-order valence-corrected chi connectivity index (χ1v) is 7.21. The zero-order valence-electron chi connectivity index (χ0n) is 12.7. The fourth-order valence-electron chi connectivity index (χ4n) is 2.18. The Kier molecular flexibility index (Phi) is 5.09. The third kappa shape index (κ3) is 4.15. The van der Waals surface area contributed by atoms with Crippen LogP contribution in [0.1, 0.15) is 25.4 Å². The van der Waals surface area contributed by atoms with E-state index in [0.29, 0.717) is 6.54 Å². The van der Waals surface area contributed by atoms with E-state index in [1.54, 1.807) is 12.1 Å². The second kappa shape index (κ2) is 7.02. The first-order valence-electron chi connectivity index (χ1n) is 7.21. The lowest BCUT2D eigenvalue weighted by Gasteiger charge is -2.22. The van der Waals surface area contributed by atoms with E-state index in [9.17, 15) is 4.39 Å². The normalized spacial score (nSPS) is 10.5. The SMILES string of the molecule is CCNc1cc(C)nc(CN(CC)c2ccc(F)cc2)n1. The molecule has 0 aliphatic rings. The molecule has 5 heteroatoms. The highest BCUT2D eigenvalue weighted by Crippen LogP contribution is 2.17. The molecule has 0 amide bonds. The number of hydrogen-bond acceptors (Lipinski definition) is 4. The smallest absolute Gasteiger partial charge is 0.150 e. The van der Waals surface area contributed by atoms with E-state index in [4.69, 9.17) is 0 Å². The summed E-state index contributed by atoms with van der Waals surface area (Å²) >= 11 is 0. The summed E-state index contributed by atoms with van der Waals surface area (Å²) in [6.45, 7) is 8.28. The molecule has 0 aliphatic heterocycles. The predicted octanol–water partition coefficient (Wildman–Crippen LogP) is 3.38. The molecule has 1 N–H and O–H groups in total. The van der Waals surface area contributed by atoms with Gasteiger partial charge in [-0.25, -0.2) is 14.4 Å². The second-order valence-corrected chi connectivity index (χ2v) is 4.83. The van der Waals surface area contributed by atoms with Gasteiger partial charge in [-0.05, 0) is 45.0 Å². The zero-order valence-corrected chi connectivity index (χ0v) is 12.7. The van der Waals surface area contributed by atoms with Crippen molar-refractivity contribution in [3.05, 3.63) is 47.7 Å². The number of aromatic nitrogens is 2. The van der Waals surface area contributed by atoms with Crippen molar-refractivity contribution < 1.29 is 4.39 Å². The monoisotopic (exact) mass is 288 g/mol. The molecule has 0 fully saturated rings. The standard InChI is InChI=1S/C16H21FN4/c1-4-18-15-10-12(3)19-16(20-15)11-21(5-2)14-8-6-13(17)7-9-14/h6-10H,4-5,11H2,1-3H3,(H,18,19,20). The van der Waals surface area contributed by atoms with Crippen molar-refractivity contribution in [1.82, 2.24) is 9.97 Å². The summed E-state index contributed by atoms with van der Waals surface area (Å²) in [5.41, 5.74) is 1.90. The van der Waals surface area contributed by atoms with Crippen molar-refractivity contribution in [1.29, 1.82) is 0 Å². The number of nitrogens with zero attached hydrogens (tertiary/aromatic N) is 3. The number of benzene rings is 1. The molecule has 0 saturated carbocycles. The quantitative estimate of drug-likeness (QED) is 0.884. The molecule has 0 unspecified atom stereocenters. The largest absolute Gasteiger partial charge is 0.370 e. The van der Waals surface area contributed by atoms with E-state index in [-0.39, 0.29) is 5.82 Å². The van der Waals surface area contributed by atoms with Crippen molar-refractivity contribution in [2.45, 2.75) is 27.3 Å².